The molecule has 2 aromatic carbocycles. The van der Waals surface area contributed by atoms with Crippen molar-refractivity contribution in [2.24, 2.45) is 0 Å². The van der Waals surface area contributed by atoms with Crippen LogP contribution in [-0.4, -0.2) is 62.1 Å². The number of benzene rings is 2. The normalized spacial score (nSPS) is 19.2. The van der Waals surface area contributed by atoms with Gasteiger partial charge in [0.15, 0.2) is 17.5 Å². The van der Waals surface area contributed by atoms with Gasteiger partial charge in [0.2, 0.25) is 0 Å². The van der Waals surface area contributed by atoms with Gasteiger partial charge < -0.3 is 15.4 Å². The van der Waals surface area contributed by atoms with Gasteiger partial charge in [-0.05, 0) is 37.1 Å². The maximum Gasteiger partial charge on any atom is 0.254 e. The molecule has 2 aliphatic heterocycles. The smallest absolute Gasteiger partial charge is 0.254 e. The van der Waals surface area contributed by atoms with Crippen LogP contribution in [-0.2, 0) is 9.53 Å². The molecule has 1 amide bonds. The summed E-state index contributed by atoms with van der Waals surface area (Å²) in [5.41, 5.74) is 7.17. The number of ether oxygens (including phenoxy) is 1. The van der Waals surface area contributed by atoms with Crippen LogP contribution in [0.3, 0.4) is 0 Å². The number of nitrogens with zero attached hydrogens (tertiary/aromatic N) is 5. The van der Waals surface area contributed by atoms with E-state index in [4.69, 9.17) is 15.6 Å². The number of likely N-dealkylation sites (tertiary alicyclic amines) is 1. The molecular weight excluding hydrogens is 482 g/mol. The third-order valence-electron chi connectivity index (χ3n) is 6.75. The van der Waals surface area contributed by atoms with Gasteiger partial charge in [-0.15, -0.1) is 0 Å². The van der Waals surface area contributed by atoms with E-state index >= 15 is 4.39 Å². The van der Waals surface area contributed by atoms with Crippen molar-refractivity contribution in [3.05, 3.63) is 71.6 Å². The van der Waals surface area contributed by atoms with Crippen molar-refractivity contribution in [1.29, 1.82) is 0 Å². The molecule has 2 atom stereocenters. The fourth-order valence-corrected chi connectivity index (χ4v) is 4.83. The zero-order valence-electron chi connectivity index (χ0n) is 19.6. The zero-order valence-corrected chi connectivity index (χ0v) is 19.6. The van der Waals surface area contributed by atoms with Crippen molar-refractivity contribution < 1.29 is 23.1 Å². The summed E-state index contributed by atoms with van der Waals surface area (Å²) in [7, 11) is 0. The van der Waals surface area contributed by atoms with E-state index in [2.05, 4.69) is 9.97 Å². The average Bonchev–Trinajstić information content (AvgIpc) is 3.68. The summed E-state index contributed by atoms with van der Waals surface area (Å²) in [6, 6.07) is 9.05. The van der Waals surface area contributed by atoms with Crippen LogP contribution in [0.4, 0.5) is 14.6 Å². The Bertz CT molecular complexity index is 1550. The molecule has 2 aliphatic rings. The molecule has 4 aromatic rings. The number of hydrogen-bond donors (Lipinski definition) is 1. The number of hydrogen-bond acceptors (Lipinski definition) is 7. The number of nitrogen functional groups attached to an aromatic ring is 1. The Morgan fingerprint density at radius 2 is 1.89 bits per heavy atom. The quantitative estimate of drug-likeness (QED) is 0.328. The van der Waals surface area contributed by atoms with Gasteiger partial charge in [-0.1, -0.05) is 18.2 Å². The number of ketones is 1. The molecule has 0 aliphatic carbocycles. The van der Waals surface area contributed by atoms with E-state index in [-0.39, 0.29) is 46.3 Å². The Morgan fingerprint density at radius 1 is 1.08 bits per heavy atom. The molecule has 0 bridgehead atoms. The molecule has 2 unspecified atom stereocenters. The van der Waals surface area contributed by atoms with E-state index in [1.54, 1.807) is 9.58 Å². The minimum absolute atomic E-state index is 0.0416. The number of piperidine rings is 1. The monoisotopic (exact) mass is 504 g/mol. The molecule has 6 rings (SSSR count). The van der Waals surface area contributed by atoms with Gasteiger partial charge in [0.25, 0.3) is 5.91 Å². The van der Waals surface area contributed by atoms with Crippen LogP contribution in [0, 0.1) is 11.6 Å². The zero-order chi connectivity index (χ0) is 25.7. The van der Waals surface area contributed by atoms with Gasteiger partial charge in [-0.3, -0.25) is 9.59 Å². The number of nitrogens with two attached hydrogens (primary N) is 1. The fraction of sp³-hybridized carbons (Fsp3) is 0.269. The predicted octanol–water partition coefficient (Wildman–Crippen LogP) is 3.15. The second kappa shape index (κ2) is 9.00. The Kier molecular flexibility index (Phi) is 5.64. The fourth-order valence-electron chi connectivity index (χ4n) is 4.83. The summed E-state index contributed by atoms with van der Waals surface area (Å²) < 4.78 is 35.8. The Balaban J connectivity index is 1.38. The number of epoxide rings is 1. The predicted molar refractivity (Wildman–Crippen MR) is 130 cm³/mol. The minimum Gasteiger partial charge on any atom is -0.383 e. The van der Waals surface area contributed by atoms with E-state index in [1.165, 1.54) is 36.7 Å². The van der Waals surface area contributed by atoms with Crippen LogP contribution < -0.4 is 5.73 Å². The number of amides is 1. The molecular formula is C26H22F2N6O3. The molecule has 2 aromatic heterocycles. The van der Waals surface area contributed by atoms with Crippen molar-refractivity contribution >= 4 is 28.5 Å². The van der Waals surface area contributed by atoms with Crippen molar-refractivity contribution in [2.45, 2.75) is 25.0 Å². The highest BCUT2D eigenvalue weighted by molar-refractivity contribution is 6.09. The molecule has 37 heavy (non-hydrogen) atoms. The molecule has 4 heterocycles. The number of carbonyl (C=O) groups excluding carboxylic acids is 2. The molecule has 11 heteroatoms. The number of anilines is 1. The molecule has 2 saturated heterocycles. The number of rotatable bonds is 5. The number of aromatic nitrogens is 4. The SMILES string of the molecule is Nc1ncnc2c1c(-c1ccc(C(=O)c3cccc(F)c3)cc1F)nn2C1CCCN(C(=O)C2CO2)C1. The highest BCUT2D eigenvalue weighted by Crippen LogP contribution is 2.35. The summed E-state index contributed by atoms with van der Waals surface area (Å²) in [5, 5.41) is 5.08. The Morgan fingerprint density at radius 3 is 2.65 bits per heavy atom. The van der Waals surface area contributed by atoms with Crippen LogP contribution in [0.15, 0.2) is 48.8 Å². The molecule has 0 radical (unpaired) electrons. The minimum atomic E-state index is -0.691. The first-order chi connectivity index (χ1) is 17.9. The van der Waals surface area contributed by atoms with Gasteiger partial charge in [0.05, 0.1) is 18.0 Å². The Hall–Kier alpha value is -4.25. The van der Waals surface area contributed by atoms with Crippen LogP contribution in [0.2, 0.25) is 0 Å². The van der Waals surface area contributed by atoms with Crippen molar-refractivity contribution in [1.82, 2.24) is 24.6 Å². The maximum atomic E-state index is 15.4. The first-order valence-corrected chi connectivity index (χ1v) is 11.9. The van der Waals surface area contributed by atoms with Crippen molar-refractivity contribution in [2.75, 3.05) is 25.4 Å². The van der Waals surface area contributed by atoms with Crippen molar-refractivity contribution in [3.63, 3.8) is 0 Å². The van der Waals surface area contributed by atoms with Crippen LogP contribution in [0.25, 0.3) is 22.3 Å². The van der Waals surface area contributed by atoms with E-state index < -0.39 is 17.4 Å². The molecule has 0 spiro atoms. The lowest BCUT2D eigenvalue weighted by Gasteiger charge is -2.32. The third-order valence-corrected chi connectivity index (χ3v) is 6.75. The number of carbonyl (C=O) groups is 2. The van der Waals surface area contributed by atoms with Gasteiger partial charge in [0, 0.05) is 29.8 Å². The van der Waals surface area contributed by atoms with Gasteiger partial charge in [0.1, 0.15) is 29.5 Å². The van der Waals surface area contributed by atoms with E-state index in [9.17, 15) is 14.0 Å². The van der Waals surface area contributed by atoms with Crippen LogP contribution in [0.5, 0.6) is 0 Å². The van der Waals surface area contributed by atoms with Crippen molar-refractivity contribution in [3.8, 4) is 11.3 Å². The highest BCUT2D eigenvalue weighted by Gasteiger charge is 2.38. The van der Waals surface area contributed by atoms with Crippen LogP contribution in [0.1, 0.15) is 34.8 Å². The molecule has 9 nitrogen and oxygen atoms in total. The third kappa shape index (κ3) is 4.20. The average molecular weight is 504 g/mol. The summed E-state index contributed by atoms with van der Waals surface area (Å²) in [6.45, 7) is 1.49. The summed E-state index contributed by atoms with van der Waals surface area (Å²) in [6.07, 6.45) is 2.47. The second-order valence-electron chi connectivity index (χ2n) is 9.19. The van der Waals surface area contributed by atoms with E-state index in [0.717, 1.165) is 25.0 Å². The molecule has 2 fully saturated rings. The Labute approximate surface area is 209 Å². The topological polar surface area (TPSA) is 120 Å². The lowest BCUT2D eigenvalue weighted by molar-refractivity contribution is -0.134. The lowest BCUT2D eigenvalue weighted by Crippen LogP contribution is -2.43. The van der Waals surface area contributed by atoms with E-state index in [0.29, 0.717) is 30.7 Å². The summed E-state index contributed by atoms with van der Waals surface area (Å²) in [5.74, 6) is -1.65. The largest absolute Gasteiger partial charge is 0.383 e. The van der Waals surface area contributed by atoms with Gasteiger partial charge in [-0.2, -0.15) is 5.10 Å². The van der Waals surface area contributed by atoms with Gasteiger partial charge in [-0.25, -0.2) is 23.4 Å². The molecule has 188 valence electrons. The van der Waals surface area contributed by atoms with Crippen LogP contribution >= 0.6 is 0 Å². The first-order valence-electron chi connectivity index (χ1n) is 11.9. The summed E-state index contributed by atoms with van der Waals surface area (Å²) in [4.78, 5) is 35.5. The second-order valence-corrected chi connectivity index (χ2v) is 9.19. The van der Waals surface area contributed by atoms with Gasteiger partial charge >= 0.3 is 0 Å². The first kappa shape index (κ1) is 23.2. The number of halogens is 2. The number of fused-ring (bicyclic) bond motifs is 1. The molecule has 2 N–H and O–H groups in total. The summed E-state index contributed by atoms with van der Waals surface area (Å²) >= 11 is 0. The lowest BCUT2D eigenvalue weighted by atomic mass is 10.00. The standard InChI is InChI=1S/C26H22F2N6O3/c27-16-4-1-3-14(9-16)23(35)15-6-7-18(19(28)10-15)22-21-24(29)30-13-31-25(21)34(32-22)17-5-2-8-33(11-17)26(36)20-12-37-20/h1,3-4,6-7,9-10,13,17,20H,2,5,8,11-12H2,(H2,29,30,31). The molecule has 0 saturated carbocycles. The van der Waals surface area contributed by atoms with E-state index in [1.807, 2.05) is 0 Å². The maximum absolute atomic E-state index is 15.4. The highest BCUT2D eigenvalue weighted by atomic mass is 19.1.